The van der Waals surface area contributed by atoms with Gasteiger partial charge in [-0.25, -0.2) is 0 Å². The number of fused-ring (bicyclic) bond motifs is 1. The van der Waals surface area contributed by atoms with Crippen molar-refractivity contribution in [2.24, 2.45) is 5.73 Å². The molecule has 2 heteroatoms. The Morgan fingerprint density at radius 1 is 1.46 bits per heavy atom. The Kier molecular flexibility index (Phi) is 2.60. The van der Waals surface area contributed by atoms with Gasteiger partial charge in [0.15, 0.2) is 0 Å². The molecule has 0 aliphatic heterocycles. The second kappa shape index (κ2) is 3.58. The maximum atomic E-state index is 6.06. The molecule has 1 atom stereocenters. The first-order valence-electron chi connectivity index (χ1n) is 4.73. The third kappa shape index (κ3) is 1.62. The first kappa shape index (κ1) is 9.46. The van der Waals surface area contributed by atoms with Crippen LogP contribution in [0.15, 0.2) is 12.1 Å². The maximum absolute atomic E-state index is 6.06. The zero-order chi connectivity index (χ0) is 9.42. The van der Waals surface area contributed by atoms with Crippen LogP contribution in [-0.2, 0) is 6.42 Å². The normalized spacial score (nSPS) is 21.3. The second-order valence-electron chi connectivity index (χ2n) is 3.74. The van der Waals surface area contributed by atoms with E-state index in [0.29, 0.717) is 0 Å². The second-order valence-corrected chi connectivity index (χ2v) is 4.90. The lowest BCUT2D eigenvalue weighted by Crippen LogP contribution is -2.18. The van der Waals surface area contributed by atoms with Crippen LogP contribution in [0.2, 0.25) is 0 Å². The average molecular weight is 287 g/mol. The van der Waals surface area contributed by atoms with Crippen molar-refractivity contribution in [2.75, 3.05) is 0 Å². The predicted octanol–water partition coefficient (Wildman–Crippen LogP) is 2.94. The Balaban J connectivity index is 2.56. The molecule has 1 aromatic rings. The molecule has 2 N–H and O–H groups in total. The lowest BCUT2D eigenvalue weighted by atomic mass is 9.86. The molecule has 70 valence electrons. The van der Waals surface area contributed by atoms with Crippen molar-refractivity contribution in [1.82, 2.24) is 0 Å². The van der Waals surface area contributed by atoms with Gasteiger partial charge in [-0.2, -0.15) is 0 Å². The molecule has 0 aromatic heterocycles. The molecule has 0 radical (unpaired) electrons. The van der Waals surface area contributed by atoms with Gasteiger partial charge in [-0.15, -0.1) is 0 Å². The summed E-state index contributed by atoms with van der Waals surface area (Å²) in [6, 6.07) is 4.66. The first-order chi connectivity index (χ1) is 6.20. The van der Waals surface area contributed by atoms with E-state index in [4.69, 9.17) is 5.73 Å². The van der Waals surface area contributed by atoms with Crippen LogP contribution in [0.25, 0.3) is 0 Å². The lowest BCUT2D eigenvalue weighted by molar-refractivity contribution is 0.568. The van der Waals surface area contributed by atoms with Gasteiger partial charge in [-0.05, 0) is 71.5 Å². The quantitative estimate of drug-likeness (QED) is 0.729. The van der Waals surface area contributed by atoms with Crippen LogP contribution in [0.1, 0.15) is 35.6 Å². The number of nitrogens with two attached hydrogens (primary N) is 1. The largest absolute Gasteiger partial charge is 0.324 e. The van der Waals surface area contributed by atoms with Gasteiger partial charge in [0, 0.05) is 9.61 Å². The average Bonchev–Trinajstić information content (AvgIpc) is 2.12. The summed E-state index contributed by atoms with van der Waals surface area (Å²) >= 11 is 2.40. The molecule has 1 aromatic carbocycles. The summed E-state index contributed by atoms with van der Waals surface area (Å²) in [4.78, 5) is 0. The Hall–Kier alpha value is -0.0900. The molecule has 0 fully saturated rings. The van der Waals surface area contributed by atoms with Crippen molar-refractivity contribution >= 4 is 22.6 Å². The molecule has 0 amide bonds. The van der Waals surface area contributed by atoms with Gasteiger partial charge >= 0.3 is 0 Å². The summed E-state index contributed by atoms with van der Waals surface area (Å²) in [6.45, 7) is 2.21. The van der Waals surface area contributed by atoms with E-state index in [1.54, 1.807) is 0 Å². The van der Waals surface area contributed by atoms with Crippen molar-refractivity contribution in [2.45, 2.75) is 32.2 Å². The standard InChI is InChI=1S/C11H14IN/c1-7-8-3-2-4-11(13)9(8)5-6-10(7)12/h5-6,11H,2-4,13H2,1H3/t11-/m0/s1. The molecule has 1 nitrogen and oxygen atoms in total. The minimum atomic E-state index is 0.277. The van der Waals surface area contributed by atoms with Crippen LogP contribution >= 0.6 is 22.6 Å². The highest BCUT2D eigenvalue weighted by Gasteiger charge is 2.18. The van der Waals surface area contributed by atoms with E-state index in [1.807, 2.05) is 0 Å². The molecule has 1 aliphatic rings. The number of hydrogen-bond donors (Lipinski definition) is 1. The van der Waals surface area contributed by atoms with E-state index in [9.17, 15) is 0 Å². The van der Waals surface area contributed by atoms with Crippen LogP contribution in [0.3, 0.4) is 0 Å². The summed E-state index contributed by atoms with van der Waals surface area (Å²) in [6.07, 6.45) is 3.61. The summed E-state index contributed by atoms with van der Waals surface area (Å²) in [5.74, 6) is 0. The van der Waals surface area contributed by atoms with Gasteiger partial charge in [0.05, 0.1) is 0 Å². The Morgan fingerprint density at radius 2 is 2.23 bits per heavy atom. The first-order valence-corrected chi connectivity index (χ1v) is 5.81. The third-order valence-corrected chi connectivity index (χ3v) is 4.08. The highest BCUT2D eigenvalue weighted by atomic mass is 127. The smallest absolute Gasteiger partial charge is 0.0297 e. The lowest BCUT2D eigenvalue weighted by Gasteiger charge is -2.24. The molecule has 1 aliphatic carbocycles. The van der Waals surface area contributed by atoms with Crippen LogP contribution in [-0.4, -0.2) is 0 Å². The van der Waals surface area contributed by atoms with Gasteiger partial charge in [-0.1, -0.05) is 6.07 Å². The fraction of sp³-hybridized carbons (Fsp3) is 0.455. The summed E-state index contributed by atoms with van der Waals surface area (Å²) in [5, 5.41) is 0. The topological polar surface area (TPSA) is 26.0 Å². The minimum absolute atomic E-state index is 0.277. The monoisotopic (exact) mass is 287 g/mol. The van der Waals surface area contributed by atoms with Crippen molar-refractivity contribution in [3.63, 3.8) is 0 Å². The highest BCUT2D eigenvalue weighted by molar-refractivity contribution is 14.1. The van der Waals surface area contributed by atoms with Gasteiger partial charge in [0.1, 0.15) is 0 Å². The van der Waals surface area contributed by atoms with E-state index < -0.39 is 0 Å². The molecule has 0 spiro atoms. The summed E-state index contributed by atoms with van der Waals surface area (Å²) < 4.78 is 1.37. The predicted molar refractivity (Wildman–Crippen MR) is 63.8 cm³/mol. The minimum Gasteiger partial charge on any atom is -0.324 e. The van der Waals surface area contributed by atoms with Crippen LogP contribution in [0, 0.1) is 10.5 Å². The molecule has 0 heterocycles. The van der Waals surface area contributed by atoms with Gasteiger partial charge in [-0.3, -0.25) is 0 Å². The van der Waals surface area contributed by atoms with Crippen molar-refractivity contribution in [3.05, 3.63) is 32.4 Å². The van der Waals surface area contributed by atoms with Crippen molar-refractivity contribution in [3.8, 4) is 0 Å². The molecule has 0 saturated carbocycles. The maximum Gasteiger partial charge on any atom is 0.0297 e. The van der Waals surface area contributed by atoms with E-state index in [1.165, 1.54) is 33.1 Å². The van der Waals surface area contributed by atoms with Crippen molar-refractivity contribution < 1.29 is 0 Å². The van der Waals surface area contributed by atoms with Gasteiger partial charge in [0.25, 0.3) is 0 Å². The molecule has 0 bridgehead atoms. The molecule has 2 rings (SSSR count). The van der Waals surface area contributed by atoms with Gasteiger partial charge in [0.2, 0.25) is 0 Å². The van der Waals surface area contributed by atoms with E-state index in [-0.39, 0.29) is 6.04 Å². The number of hydrogen-bond acceptors (Lipinski definition) is 1. The number of halogens is 1. The SMILES string of the molecule is Cc1c(I)ccc2c1CCC[C@@H]2N. The van der Waals surface area contributed by atoms with E-state index in [2.05, 4.69) is 41.6 Å². The molecule has 0 saturated heterocycles. The summed E-state index contributed by atoms with van der Waals surface area (Å²) in [5.41, 5.74) is 10.4. The number of rotatable bonds is 0. The third-order valence-electron chi connectivity index (χ3n) is 2.91. The zero-order valence-corrected chi connectivity index (χ0v) is 9.97. The van der Waals surface area contributed by atoms with E-state index in [0.717, 1.165) is 6.42 Å². The highest BCUT2D eigenvalue weighted by Crippen LogP contribution is 2.31. The van der Waals surface area contributed by atoms with Crippen molar-refractivity contribution in [1.29, 1.82) is 0 Å². The molecule has 0 unspecified atom stereocenters. The molecular weight excluding hydrogens is 273 g/mol. The van der Waals surface area contributed by atoms with E-state index >= 15 is 0 Å². The van der Waals surface area contributed by atoms with Crippen LogP contribution < -0.4 is 5.73 Å². The van der Waals surface area contributed by atoms with Gasteiger partial charge < -0.3 is 5.73 Å². The summed E-state index contributed by atoms with van der Waals surface area (Å²) in [7, 11) is 0. The zero-order valence-electron chi connectivity index (χ0n) is 7.81. The fourth-order valence-corrected chi connectivity index (χ4v) is 2.59. The Morgan fingerprint density at radius 3 is 3.00 bits per heavy atom. The number of benzene rings is 1. The van der Waals surface area contributed by atoms with Crippen LogP contribution in [0.5, 0.6) is 0 Å². The van der Waals surface area contributed by atoms with Crippen LogP contribution in [0.4, 0.5) is 0 Å². The molecular formula is C11H14IN. The molecule has 13 heavy (non-hydrogen) atoms. The Bertz CT molecular complexity index is 333. The fourth-order valence-electron chi connectivity index (χ4n) is 2.08. The Labute approximate surface area is 92.9 Å².